The van der Waals surface area contributed by atoms with Crippen molar-refractivity contribution in [3.63, 3.8) is 0 Å². The van der Waals surface area contributed by atoms with Crippen molar-refractivity contribution in [2.45, 2.75) is 24.7 Å². The second-order valence-electron chi connectivity index (χ2n) is 7.16. The molecule has 2 heterocycles. The first kappa shape index (κ1) is 21.3. The molecule has 0 radical (unpaired) electrons. The highest BCUT2D eigenvalue weighted by molar-refractivity contribution is 7.90. The van der Waals surface area contributed by atoms with Crippen molar-refractivity contribution >= 4 is 39.1 Å². The average molecular weight is 436 g/mol. The molecule has 1 aromatic carbocycles. The van der Waals surface area contributed by atoms with E-state index in [1.807, 2.05) is 19.1 Å². The zero-order chi connectivity index (χ0) is 21.2. The van der Waals surface area contributed by atoms with E-state index in [1.54, 1.807) is 11.0 Å². The Morgan fingerprint density at radius 1 is 1.24 bits per heavy atom. The molecule has 1 N–H and O–H groups in total. The summed E-state index contributed by atoms with van der Waals surface area (Å²) in [5, 5.41) is 2.88. The van der Waals surface area contributed by atoms with Crippen molar-refractivity contribution in [1.29, 1.82) is 0 Å². The summed E-state index contributed by atoms with van der Waals surface area (Å²) in [6.45, 7) is 2.60. The summed E-state index contributed by atoms with van der Waals surface area (Å²) in [6.07, 6.45) is 2.39. The highest BCUT2D eigenvalue weighted by atomic mass is 35.5. The van der Waals surface area contributed by atoms with E-state index in [4.69, 9.17) is 11.6 Å². The van der Waals surface area contributed by atoms with Gasteiger partial charge in [0.2, 0.25) is 5.91 Å². The molecule has 1 aromatic heterocycles. The third-order valence-corrected chi connectivity index (χ3v) is 6.37. The van der Waals surface area contributed by atoms with Crippen molar-refractivity contribution < 1.29 is 18.0 Å². The van der Waals surface area contributed by atoms with Gasteiger partial charge in [-0.1, -0.05) is 17.7 Å². The highest BCUT2D eigenvalue weighted by Gasteiger charge is 2.29. The molecule has 1 unspecified atom stereocenters. The number of carbonyl (C=O) groups excluding carboxylic acids is 2. The zero-order valence-electron chi connectivity index (χ0n) is 16.2. The number of likely N-dealkylation sites (tertiary alicyclic amines) is 1. The van der Waals surface area contributed by atoms with E-state index in [2.05, 4.69) is 10.3 Å². The number of piperidine rings is 1. The van der Waals surface area contributed by atoms with E-state index in [-0.39, 0.29) is 39.8 Å². The maximum absolute atomic E-state index is 12.9. The van der Waals surface area contributed by atoms with Crippen LogP contribution in [0, 0.1) is 12.8 Å². The van der Waals surface area contributed by atoms with Crippen LogP contribution in [0.15, 0.2) is 41.3 Å². The lowest BCUT2D eigenvalue weighted by Gasteiger charge is -2.32. The second-order valence-corrected chi connectivity index (χ2v) is 9.55. The highest BCUT2D eigenvalue weighted by Crippen LogP contribution is 2.25. The molecule has 9 heteroatoms. The van der Waals surface area contributed by atoms with Gasteiger partial charge in [-0.15, -0.1) is 0 Å². The fourth-order valence-corrected chi connectivity index (χ4v) is 4.62. The van der Waals surface area contributed by atoms with Crippen molar-refractivity contribution in [2.75, 3.05) is 24.7 Å². The smallest absolute Gasteiger partial charge is 0.253 e. The van der Waals surface area contributed by atoms with Gasteiger partial charge in [-0.05, 0) is 50.1 Å². The molecule has 1 atom stereocenters. The number of pyridine rings is 1. The quantitative estimate of drug-likeness (QED) is 0.796. The maximum atomic E-state index is 12.9. The number of anilines is 1. The Labute approximate surface area is 175 Å². The molecule has 1 aliphatic rings. The number of rotatable bonds is 4. The van der Waals surface area contributed by atoms with Crippen molar-refractivity contribution in [3.05, 3.63) is 52.7 Å². The van der Waals surface area contributed by atoms with Gasteiger partial charge in [0.15, 0.2) is 9.84 Å². The number of carbonyl (C=O) groups is 2. The summed E-state index contributed by atoms with van der Waals surface area (Å²) in [6, 6.07) is 9.57. The number of hydrogen-bond donors (Lipinski definition) is 1. The largest absolute Gasteiger partial charge is 0.338 e. The number of nitrogens with one attached hydrogen (secondary N) is 1. The number of benzene rings is 1. The molecule has 1 fully saturated rings. The Morgan fingerprint density at radius 3 is 2.69 bits per heavy atom. The Bertz CT molecular complexity index is 1060. The van der Waals surface area contributed by atoms with Crippen LogP contribution in [0.4, 0.5) is 5.82 Å². The van der Waals surface area contributed by atoms with Crippen LogP contribution in [0.1, 0.15) is 28.9 Å². The lowest BCUT2D eigenvalue weighted by molar-refractivity contribution is -0.121. The van der Waals surface area contributed by atoms with Gasteiger partial charge in [0, 0.05) is 30.6 Å². The average Bonchev–Trinajstić information content (AvgIpc) is 2.67. The van der Waals surface area contributed by atoms with Crippen molar-refractivity contribution in [1.82, 2.24) is 9.88 Å². The Morgan fingerprint density at radius 2 is 2.00 bits per heavy atom. The summed E-state index contributed by atoms with van der Waals surface area (Å²) in [4.78, 5) is 31.3. The van der Waals surface area contributed by atoms with E-state index in [1.165, 1.54) is 18.2 Å². The number of amides is 2. The molecular weight excluding hydrogens is 414 g/mol. The summed E-state index contributed by atoms with van der Waals surface area (Å²) in [5.41, 5.74) is 1.03. The molecule has 7 nitrogen and oxygen atoms in total. The predicted octanol–water partition coefficient (Wildman–Crippen LogP) is 2.94. The molecule has 0 spiro atoms. The van der Waals surface area contributed by atoms with Gasteiger partial charge < -0.3 is 10.2 Å². The van der Waals surface area contributed by atoms with Gasteiger partial charge in [0.1, 0.15) is 5.82 Å². The Kier molecular flexibility index (Phi) is 6.24. The molecule has 3 rings (SSSR count). The fraction of sp³-hybridized carbons (Fsp3) is 0.350. The minimum absolute atomic E-state index is 0.0746. The standard InChI is InChI=1S/C20H22ClN3O4S/c1-13-5-3-7-18(22-13)23-19(25)15-6-4-10-24(12-15)20(26)14-8-9-16(21)17(11-14)29(2,27)28/h3,5,7-9,11,15H,4,6,10,12H2,1-2H3,(H,22,23,25). The molecular formula is C20H22ClN3O4S. The first-order valence-electron chi connectivity index (χ1n) is 9.18. The Hall–Kier alpha value is -2.45. The fourth-order valence-electron chi connectivity index (χ4n) is 3.32. The van der Waals surface area contributed by atoms with Gasteiger partial charge in [0.25, 0.3) is 5.91 Å². The van der Waals surface area contributed by atoms with Gasteiger partial charge in [-0.2, -0.15) is 0 Å². The van der Waals surface area contributed by atoms with Gasteiger partial charge in [-0.3, -0.25) is 9.59 Å². The van der Waals surface area contributed by atoms with E-state index in [0.717, 1.165) is 11.9 Å². The summed E-state index contributed by atoms with van der Waals surface area (Å²) in [7, 11) is -3.56. The van der Waals surface area contributed by atoms with Crippen LogP contribution in [0.2, 0.25) is 5.02 Å². The van der Waals surface area contributed by atoms with E-state index >= 15 is 0 Å². The van der Waals surface area contributed by atoms with E-state index in [9.17, 15) is 18.0 Å². The lowest BCUT2D eigenvalue weighted by atomic mass is 9.96. The topological polar surface area (TPSA) is 96.4 Å². The first-order valence-corrected chi connectivity index (χ1v) is 11.5. The second kappa shape index (κ2) is 8.51. The summed E-state index contributed by atoms with van der Waals surface area (Å²) >= 11 is 5.96. The van der Waals surface area contributed by atoms with Crippen LogP contribution in [0.5, 0.6) is 0 Å². The summed E-state index contributed by atoms with van der Waals surface area (Å²) in [5.74, 6) is -0.392. The van der Waals surface area contributed by atoms with Crippen LogP contribution in [0.3, 0.4) is 0 Å². The number of hydrogen-bond acceptors (Lipinski definition) is 5. The molecule has 2 aromatic rings. The van der Waals surface area contributed by atoms with Crippen LogP contribution in [-0.2, 0) is 14.6 Å². The molecule has 0 saturated carbocycles. The van der Waals surface area contributed by atoms with E-state index < -0.39 is 9.84 Å². The molecule has 154 valence electrons. The van der Waals surface area contributed by atoms with Crippen LogP contribution in [-0.4, -0.2) is 49.5 Å². The van der Waals surface area contributed by atoms with Gasteiger partial charge in [-0.25, -0.2) is 13.4 Å². The van der Waals surface area contributed by atoms with Gasteiger partial charge >= 0.3 is 0 Å². The first-order chi connectivity index (χ1) is 13.6. The molecule has 1 saturated heterocycles. The molecule has 0 bridgehead atoms. The third kappa shape index (κ3) is 5.13. The third-order valence-electron chi connectivity index (χ3n) is 4.80. The molecule has 0 aliphatic carbocycles. The van der Waals surface area contributed by atoms with Gasteiger partial charge in [0.05, 0.1) is 15.8 Å². The van der Waals surface area contributed by atoms with Crippen LogP contribution in [0.25, 0.3) is 0 Å². The lowest BCUT2D eigenvalue weighted by Crippen LogP contribution is -2.43. The van der Waals surface area contributed by atoms with Crippen LogP contribution < -0.4 is 5.32 Å². The van der Waals surface area contributed by atoms with Crippen molar-refractivity contribution in [3.8, 4) is 0 Å². The summed E-state index contributed by atoms with van der Waals surface area (Å²) < 4.78 is 23.8. The molecule has 1 aliphatic heterocycles. The molecule has 2 amide bonds. The minimum Gasteiger partial charge on any atom is -0.338 e. The number of aromatic nitrogens is 1. The minimum atomic E-state index is -3.56. The zero-order valence-corrected chi connectivity index (χ0v) is 17.8. The maximum Gasteiger partial charge on any atom is 0.253 e. The normalized spacial score (nSPS) is 17.1. The number of nitrogens with zero attached hydrogens (tertiary/aromatic N) is 2. The number of halogens is 1. The van der Waals surface area contributed by atoms with Crippen molar-refractivity contribution in [2.24, 2.45) is 5.92 Å². The van der Waals surface area contributed by atoms with E-state index in [0.29, 0.717) is 25.2 Å². The monoisotopic (exact) mass is 435 g/mol. The molecule has 29 heavy (non-hydrogen) atoms. The number of aryl methyl sites for hydroxylation is 1. The van der Waals surface area contributed by atoms with Crippen LogP contribution >= 0.6 is 11.6 Å². The Balaban J connectivity index is 1.73. The predicted molar refractivity (Wildman–Crippen MR) is 111 cm³/mol. The SMILES string of the molecule is Cc1cccc(NC(=O)C2CCCN(C(=O)c3ccc(Cl)c(S(C)(=O)=O)c3)C2)n1. The number of sulfone groups is 1.